The summed E-state index contributed by atoms with van der Waals surface area (Å²) >= 11 is 0. The maximum Gasteiger partial charge on any atom is 0.227 e. The summed E-state index contributed by atoms with van der Waals surface area (Å²) in [5.74, 6) is 1.52. The van der Waals surface area contributed by atoms with Crippen molar-refractivity contribution in [2.75, 3.05) is 54.9 Å². The van der Waals surface area contributed by atoms with Crippen LogP contribution in [0.5, 0.6) is 0 Å². The topological polar surface area (TPSA) is 93.3 Å². The number of anilines is 3. The van der Waals surface area contributed by atoms with Crippen molar-refractivity contribution in [3.05, 3.63) is 18.5 Å². The van der Waals surface area contributed by atoms with Crippen LogP contribution in [0, 0.1) is 5.92 Å². The Morgan fingerprint density at radius 2 is 1.85 bits per heavy atom. The Balaban J connectivity index is 1.72. The van der Waals surface area contributed by atoms with Crippen LogP contribution >= 0.6 is 0 Å². The van der Waals surface area contributed by atoms with Crippen molar-refractivity contribution in [2.45, 2.75) is 13.1 Å². The molecular weight excluding hydrogens is 337 g/mol. The van der Waals surface area contributed by atoms with Crippen molar-refractivity contribution in [3.63, 3.8) is 0 Å². The Morgan fingerprint density at radius 1 is 1.12 bits per heavy atom. The van der Waals surface area contributed by atoms with Gasteiger partial charge in [0.1, 0.15) is 12.0 Å². The fourth-order valence-electron chi connectivity index (χ4n) is 3.23. The molecular formula is C17H22FN7O. The van der Waals surface area contributed by atoms with E-state index >= 15 is 0 Å². The SMILES string of the molecule is CC1CN(c2nc(-c3cnc(N)nc3)cc(N3CCOCC3)n2)CC1F. The number of halogens is 1. The number of nitrogen functional groups attached to an aromatic ring is 1. The van der Waals surface area contributed by atoms with Gasteiger partial charge in [-0.2, -0.15) is 4.98 Å². The van der Waals surface area contributed by atoms with E-state index in [4.69, 9.17) is 15.5 Å². The number of morpholine rings is 1. The van der Waals surface area contributed by atoms with Gasteiger partial charge in [0.2, 0.25) is 11.9 Å². The smallest absolute Gasteiger partial charge is 0.227 e. The number of rotatable bonds is 3. The molecule has 0 amide bonds. The van der Waals surface area contributed by atoms with Gasteiger partial charge in [0.25, 0.3) is 0 Å². The van der Waals surface area contributed by atoms with E-state index in [1.54, 1.807) is 12.4 Å². The summed E-state index contributed by atoms with van der Waals surface area (Å²) in [6, 6.07) is 1.91. The highest BCUT2D eigenvalue weighted by Gasteiger charge is 2.31. The molecule has 0 bridgehead atoms. The van der Waals surface area contributed by atoms with E-state index in [2.05, 4.69) is 19.9 Å². The second-order valence-electron chi connectivity index (χ2n) is 6.74. The van der Waals surface area contributed by atoms with Gasteiger partial charge in [-0.1, -0.05) is 6.92 Å². The van der Waals surface area contributed by atoms with Gasteiger partial charge in [0.15, 0.2) is 0 Å². The molecule has 2 aliphatic heterocycles. The van der Waals surface area contributed by atoms with E-state index in [1.807, 2.05) is 17.9 Å². The molecule has 2 atom stereocenters. The lowest BCUT2D eigenvalue weighted by Crippen LogP contribution is -2.37. The highest BCUT2D eigenvalue weighted by Crippen LogP contribution is 2.28. The van der Waals surface area contributed by atoms with E-state index < -0.39 is 6.17 Å². The lowest BCUT2D eigenvalue weighted by atomic mass is 10.1. The molecule has 4 heterocycles. The molecule has 2 N–H and O–H groups in total. The first-order chi connectivity index (χ1) is 12.6. The zero-order chi connectivity index (χ0) is 18.1. The Kier molecular flexibility index (Phi) is 4.54. The normalized spacial score (nSPS) is 23.5. The third-order valence-corrected chi connectivity index (χ3v) is 4.81. The highest BCUT2D eigenvalue weighted by atomic mass is 19.1. The molecule has 2 aromatic heterocycles. The highest BCUT2D eigenvalue weighted by molar-refractivity contribution is 5.64. The molecule has 0 saturated carbocycles. The quantitative estimate of drug-likeness (QED) is 0.872. The minimum atomic E-state index is -0.867. The van der Waals surface area contributed by atoms with Gasteiger partial charge in [-0.25, -0.2) is 19.3 Å². The summed E-state index contributed by atoms with van der Waals surface area (Å²) in [4.78, 5) is 21.5. The Bertz CT molecular complexity index is 756. The van der Waals surface area contributed by atoms with Crippen LogP contribution in [0.15, 0.2) is 18.5 Å². The van der Waals surface area contributed by atoms with Crippen LogP contribution in [0.3, 0.4) is 0 Å². The van der Waals surface area contributed by atoms with Crippen LogP contribution in [-0.2, 0) is 4.74 Å². The summed E-state index contributed by atoms with van der Waals surface area (Å²) in [5, 5.41) is 0. The molecule has 0 aromatic carbocycles. The van der Waals surface area contributed by atoms with Gasteiger partial charge < -0.3 is 20.3 Å². The van der Waals surface area contributed by atoms with Crippen LogP contribution in [0.2, 0.25) is 0 Å². The fraction of sp³-hybridized carbons (Fsp3) is 0.529. The summed E-state index contributed by atoms with van der Waals surface area (Å²) < 4.78 is 19.4. The average Bonchev–Trinajstić information content (AvgIpc) is 3.01. The predicted octanol–water partition coefficient (Wildman–Crippen LogP) is 1.15. The third-order valence-electron chi connectivity index (χ3n) is 4.81. The monoisotopic (exact) mass is 359 g/mol. The number of hydrogen-bond donors (Lipinski definition) is 1. The second-order valence-corrected chi connectivity index (χ2v) is 6.74. The first-order valence-electron chi connectivity index (χ1n) is 8.79. The summed E-state index contributed by atoms with van der Waals surface area (Å²) in [5.41, 5.74) is 7.04. The lowest BCUT2D eigenvalue weighted by Gasteiger charge is -2.29. The molecule has 2 aliphatic rings. The number of alkyl halides is 1. The van der Waals surface area contributed by atoms with Gasteiger partial charge in [-0.3, -0.25) is 0 Å². The molecule has 9 heteroatoms. The molecule has 0 aliphatic carbocycles. The average molecular weight is 359 g/mol. The van der Waals surface area contributed by atoms with Crippen LogP contribution < -0.4 is 15.5 Å². The minimum Gasteiger partial charge on any atom is -0.378 e. The van der Waals surface area contributed by atoms with Gasteiger partial charge >= 0.3 is 0 Å². The zero-order valence-corrected chi connectivity index (χ0v) is 14.7. The summed E-state index contributed by atoms with van der Waals surface area (Å²) in [6.07, 6.45) is 2.42. The van der Waals surface area contributed by atoms with Crippen LogP contribution in [0.1, 0.15) is 6.92 Å². The largest absolute Gasteiger partial charge is 0.378 e. The number of hydrogen-bond acceptors (Lipinski definition) is 8. The maximum atomic E-state index is 14.0. The van der Waals surface area contributed by atoms with E-state index in [0.717, 1.165) is 24.5 Å². The number of nitrogens with zero attached hydrogens (tertiary/aromatic N) is 6. The van der Waals surface area contributed by atoms with Crippen LogP contribution in [0.4, 0.5) is 22.1 Å². The predicted molar refractivity (Wildman–Crippen MR) is 96.8 cm³/mol. The van der Waals surface area contributed by atoms with Gasteiger partial charge in [-0.15, -0.1) is 0 Å². The molecule has 2 unspecified atom stereocenters. The first kappa shape index (κ1) is 16.9. The Labute approximate surface area is 151 Å². The van der Waals surface area contributed by atoms with E-state index in [1.165, 1.54) is 0 Å². The first-order valence-corrected chi connectivity index (χ1v) is 8.79. The summed E-state index contributed by atoms with van der Waals surface area (Å²) in [7, 11) is 0. The van der Waals surface area contributed by atoms with Crippen LogP contribution in [0.25, 0.3) is 11.3 Å². The molecule has 2 saturated heterocycles. The molecule has 0 spiro atoms. The summed E-state index contributed by atoms with van der Waals surface area (Å²) in [6.45, 7) is 5.66. The molecule has 8 nitrogen and oxygen atoms in total. The number of nitrogens with two attached hydrogens (primary N) is 1. The van der Waals surface area contributed by atoms with Crippen molar-refractivity contribution in [3.8, 4) is 11.3 Å². The molecule has 2 aromatic rings. The van der Waals surface area contributed by atoms with Crippen molar-refractivity contribution in [2.24, 2.45) is 5.92 Å². The number of ether oxygens (including phenoxy) is 1. The molecule has 0 radical (unpaired) electrons. The fourth-order valence-corrected chi connectivity index (χ4v) is 3.23. The standard InChI is InChI=1S/C17H22FN7O/c1-11-9-25(10-13(11)18)17-22-14(12-7-20-16(19)21-8-12)6-15(23-17)24-2-4-26-5-3-24/h6-8,11,13H,2-5,9-10H2,1H3,(H2,19,20,21). The van der Waals surface area contributed by atoms with E-state index in [-0.39, 0.29) is 11.9 Å². The lowest BCUT2D eigenvalue weighted by molar-refractivity contribution is 0.122. The van der Waals surface area contributed by atoms with Gasteiger partial charge in [0.05, 0.1) is 25.5 Å². The second kappa shape index (κ2) is 6.99. The van der Waals surface area contributed by atoms with Gasteiger partial charge in [-0.05, 0) is 0 Å². The number of aromatic nitrogens is 4. The molecule has 2 fully saturated rings. The Hall–Kier alpha value is -2.55. The van der Waals surface area contributed by atoms with Crippen molar-refractivity contribution in [1.29, 1.82) is 0 Å². The van der Waals surface area contributed by atoms with E-state index in [9.17, 15) is 4.39 Å². The van der Waals surface area contributed by atoms with Crippen LogP contribution in [-0.4, -0.2) is 65.5 Å². The third kappa shape index (κ3) is 3.39. The minimum absolute atomic E-state index is 0.0334. The molecule has 4 rings (SSSR count). The zero-order valence-electron chi connectivity index (χ0n) is 14.7. The molecule has 26 heavy (non-hydrogen) atoms. The van der Waals surface area contributed by atoms with Crippen molar-refractivity contribution >= 4 is 17.7 Å². The van der Waals surface area contributed by atoms with Crippen molar-refractivity contribution in [1.82, 2.24) is 19.9 Å². The maximum absolute atomic E-state index is 14.0. The van der Waals surface area contributed by atoms with Gasteiger partial charge in [0, 0.05) is 49.6 Å². The Morgan fingerprint density at radius 3 is 2.50 bits per heavy atom. The molecule has 138 valence electrons. The van der Waals surface area contributed by atoms with E-state index in [0.29, 0.717) is 37.9 Å². The van der Waals surface area contributed by atoms with Crippen molar-refractivity contribution < 1.29 is 9.13 Å².